The lowest BCUT2D eigenvalue weighted by atomic mass is 9.96. The molecule has 0 saturated carbocycles. The van der Waals surface area contributed by atoms with Crippen molar-refractivity contribution in [1.29, 1.82) is 0 Å². The quantitative estimate of drug-likeness (QED) is 0.176. The van der Waals surface area contributed by atoms with Gasteiger partial charge in [-0.25, -0.2) is 0 Å². The molecular weight excluding hydrogens is 637 g/mol. The molecular formula is C48H32N2O2. The highest BCUT2D eigenvalue weighted by Gasteiger charge is 2.36. The van der Waals surface area contributed by atoms with Gasteiger partial charge >= 0.3 is 0 Å². The van der Waals surface area contributed by atoms with Crippen LogP contribution >= 0.6 is 0 Å². The zero-order valence-electron chi connectivity index (χ0n) is 28.2. The van der Waals surface area contributed by atoms with Crippen molar-refractivity contribution in [3.05, 3.63) is 194 Å². The zero-order chi connectivity index (χ0) is 34.4. The van der Waals surface area contributed by atoms with Crippen molar-refractivity contribution in [3.8, 4) is 56.4 Å². The lowest BCUT2D eigenvalue weighted by Crippen LogP contribution is -2.20. The summed E-state index contributed by atoms with van der Waals surface area (Å²) in [6.45, 7) is 0. The first-order chi connectivity index (χ1) is 25.8. The van der Waals surface area contributed by atoms with E-state index in [4.69, 9.17) is 9.47 Å². The average Bonchev–Trinajstić information content (AvgIpc) is 3.22. The Hall–Kier alpha value is -7.04. The van der Waals surface area contributed by atoms with Gasteiger partial charge in [0, 0.05) is 22.6 Å². The van der Waals surface area contributed by atoms with E-state index in [2.05, 4.69) is 168 Å². The van der Waals surface area contributed by atoms with Crippen LogP contribution in [0.5, 0.6) is 23.0 Å². The van der Waals surface area contributed by atoms with E-state index in [1.165, 1.54) is 11.1 Å². The predicted octanol–water partition coefficient (Wildman–Crippen LogP) is 13.8. The molecule has 0 saturated heterocycles. The third-order valence-electron chi connectivity index (χ3n) is 9.84. The summed E-state index contributed by atoms with van der Waals surface area (Å²) in [6.07, 6.45) is 0. The molecule has 52 heavy (non-hydrogen) atoms. The second kappa shape index (κ2) is 12.4. The van der Waals surface area contributed by atoms with Gasteiger partial charge in [0.15, 0.2) is 23.0 Å². The van der Waals surface area contributed by atoms with Crippen molar-refractivity contribution in [1.82, 2.24) is 0 Å². The predicted molar refractivity (Wildman–Crippen MR) is 212 cm³/mol. The molecule has 0 amide bonds. The van der Waals surface area contributed by atoms with Crippen molar-refractivity contribution in [2.45, 2.75) is 0 Å². The molecule has 2 aliphatic rings. The van der Waals surface area contributed by atoms with E-state index in [1.807, 2.05) is 36.4 Å². The largest absolute Gasteiger partial charge is 0.453 e. The lowest BCUT2D eigenvalue weighted by Gasteiger charge is -2.38. The van der Waals surface area contributed by atoms with Crippen LogP contribution in [0.15, 0.2) is 194 Å². The molecule has 246 valence electrons. The van der Waals surface area contributed by atoms with E-state index in [-0.39, 0.29) is 0 Å². The van der Waals surface area contributed by atoms with E-state index in [0.29, 0.717) is 0 Å². The number of hydrogen-bond donors (Lipinski definition) is 0. The number of rotatable bonds is 6. The number of fused-ring (bicyclic) bond motifs is 4. The standard InChI is InChI=1S/C48H32N2O2/c1-3-12-33(13-4-1)34-22-26-39(27-23-34)49(38-16-5-2-6-17-38)40-28-24-35(25-29-40)36-14-11-15-37(32-36)41-30-31-46-47-48(41)52-45-21-10-8-19-43(45)50(47)42-18-7-9-20-44(42)51-46/h1-32H. The highest BCUT2D eigenvalue weighted by molar-refractivity contribution is 5.97. The van der Waals surface area contributed by atoms with Crippen molar-refractivity contribution in [2.75, 3.05) is 9.80 Å². The Morgan fingerprint density at radius 1 is 0.346 bits per heavy atom. The molecule has 8 aromatic rings. The minimum absolute atomic E-state index is 0.774. The highest BCUT2D eigenvalue weighted by atomic mass is 16.5. The van der Waals surface area contributed by atoms with Gasteiger partial charge in [0.1, 0.15) is 5.69 Å². The van der Waals surface area contributed by atoms with Crippen molar-refractivity contribution >= 4 is 34.1 Å². The lowest BCUT2D eigenvalue weighted by molar-refractivity contribution is 0.447. The Labute approximate surface area is 303 Å². The number of nitrogens with zero attached hydrogens (tertiary/aromatic N) is 2. The molecule has 0 atom stereocenters. The SMILES string of the molecule is c1ccc(-c2ccc(N(c3ccccc3)c3ccc(-c4cccc(-c5ccc6c7c5Oc5ccccc5N7c5ccccc5O6)c4)cc3)cc2)cc1. The van der Waals surface area contributed by atoms with E-state index >= 15 is 0 Å². The maximum Gasteiger partial charge on any atom is 0.163 e. The van der Waals surface area contributed by atoms with Gasteiger partial charge in [-0.05, 0) is 107 Å². The molecule has 0 unspecified atom stereocenters. The fourth-order valence-corrected chi connectivity index (χ4v) is 7.36. The van der Waals surface area contributed by atoms with Gasteiger partial charge < -0.3 is 14.4 Å². The molecule has 0 spiro atoms. The number of para-hydroxylation sites is 5. The summed E-state index contributed by atoms with van der Waals surface area (Å²) < 4.78 is 13.1. The van der Waals surface area contributed by atoms with Crippen molar-refractivity contribution in [2.24, 2.45) is 0 Å². The normalized spacial score (nSPS) is 12.1. The van der Waals surface area contributed by atoms with E-state index in [9.17, 15) is 0 Å². The third-order valence-corrected chi connectivity index (χ3v) is 9.84. The second-order valence-electron chi connectivity index (χ2n) is 13.0. The molecule has 0 aromatic heterocycles. The Balaban J connectivity index is 1.01. The van der Waals surface area contributed by atoms with E-state index < -0.39 is 0 Å². The molecule has 8 aromatic carbocycles. The zero-order valence-corrected chi connectivity index (χ0v) is 28.2. The summed E-state index contributed by atoms with van der Waals surface area (Å²) in [6, 6.07) is 67.8. The van der Waals surface area contributed by atoms with Gasteiger partial charge in [0.2, 0.25) is 0 Å². The first kappa shape index (κ1) is 29.8. The fraction of sp³-hybridized carbons (Fsp3) is 0. The summed E-state index contributed by atoms with van der Waals surface area (Å²) in [5.74, 6) is 3.20. The molecule has 0 radical (unpaired) electrons. The Kier molecular flexibility index (Phi) is 7.10. The molecule has 10 rings (SSSR count). The topological polar surface area (TPSA) is 24.9 Å². The number of anilines is 6. The maximum absolute atomic E-state index is 6.70. The van der Waals surface area contributed by atoms with Gasteiger partial charge in [0.25, 0.3) is 0 Å². The molecule has 0 fully saturated rings. The van der Waals surface area contributed by atoms with Crippen LogP contribution in [0, 0.1) is 0 Å². The molecule has 0 N–H and O–H groups in total. The number of hydrogen-bond acceptors (Lipinski definition) is 4. The molecule has 4 nitrogen and oxygen atoms in total. The fourth-order valence-electron chi connectivity index (χ4n) is 7.36. The van der Waals surface area contributed by atoms with Crippen LogP contribution < -0.4 is 19.3 Å². The van der Waals surface area contributed by atoms with Crippen molar-refractivity contribution in [3.63, 3.8) is 0 Å². The highest BCUT2D eigenvalue weighted by Crippen LogP contribution is 2.61. The Bertz CT molecular complexity index is 2550. The minimum atomic E-state index is 0.774. The average molecular weight is 669 g/mol. The third kappa shape index (κ3) is 5.09. The maximum atomic E-state index is 6.70. The second-order valence-corrected chi connectivity index (χ2v) is 13.0. The summed E-state index contributed by atoms with van der Waals surface area (Å²) in [5, 5.41) is 0. The number of ether oxygens (including phenoxy) is 2. The van der Waals surface area contributed by atoms with Crippen LogP contribution in [0.3, 0.4) is 0 Å². The Morgan fingerprint density at radius 2 is 0.846 bits per heavy atom. The van der Waals surface area contributed by atoms with Gasteiger partial charge in [-0.2, -0.15) is 0 Å². The smallest absolute Gasteiger partial charge is 0.163 e. The summed E-state index contributed by atoms with van der Waals surface area (Å²) in [4.78, 5) is 4.57. The van der Waals surface area contributed by atoms with Crippen LogP contribution in [0.1, 0.15) is 0 Å². The van der Waals surface area contributed by atoms with Crippen LogP contribution in [0.4, 0.5) is 34.1 Å². The van der Waals surface area contributed by atoms with Crippen LogP contribution in [-0.2, 0) is 0 Å². The van der Waals surface area contributed by atoms with E-state index in [0.717, 1.165) is 79.4 Å². The Morgan fingerprint density at radius 3 is 1.52 bits per heavy atom. The van der Waals surface area contributed by atoms with Gasteiger partial charge in [0.05, 0.1) is 11.4 Å². The minimum Gasteiger partial charge on any atom is -0.453 e. The molecule has 2 aliphatic heterocycles. The van der Waals surface area contributed by atoms with Crippen LogP contribution in [-0.4, -0.2) is 0 Å². The monoisotopic (exact) mass is 668 g/mol. The van der Waals surface area contributed by atoms with Crippen LogP contribution in [0.2, 0.25) is 0 Å². The summed E-state index contributed by atoms with van der Waals surface area (Å²) >= 11 is 0. The molecule has 2 heterocycles. The van der Waals surface area contributed by atoms with Crippen molar-refractivity contribution < 1.29 is 9.47 Å². The van der Waals surface area contributed by atoms with Gasteiger partial charge in [-0.3, -0.25) is 4.90 Å². The number of benzene rings is 8. The first-order valence-corrected chi connectivity index (χ1v) is 17.5. The molecule has 4 heteroatoms. The summed E-state index contributed by atoms with van der Waals surface area (Å²) in [5.41, 5.74) is 12.9. The van der Waals surface area contributed by atoms with Gasteiger partial charge in [-0.15, -0.1) is 0 Å². The molecule has 0 bridgehead atoms. The van der Waals surface area contributed by atoms with E-state index in [1.54, 1.807) is 0 Å². The molecule has 0 aliphatic carbocycles. The summed E-state index contributed by atoms with van der Waals surface area (Å²) in [7, 11) is 0. The van der Waals surface area contributed by atoms with Gasteiger partial charge in [-0.1, -0.05) is 115 Å². The first-order valence-electron chi connectivity index (χ1n) is 17.5. The van der Waals surface area contributed by atoms with Crippen LogP contribution in [0.25, 0.3) is 33.4 Å².